The molecule has 0 saturated heterocycles. The maximum Gasteiger partial charge on any atom is 0.261 e. The van der Waals surface area contributed by atoms with E-state index in [0.29, 0.717) is 5.75 Å². The molecule has 0 spiro atoms. The minimum atomic E-state index is -0.418. The molecule has 3 rings (SSSR count). The van der Waals surface area contributed by atoms with Crippen LogP contribution in [0.25, 0.3) is 28.2 Å². The third-order valence-corrected chi connectivity index (χ3v) is 4.00. The van der Waals surface area contributed by atoms with Crippen LogP contribution in [-0.2, 0) is 4.79 Å². The molecule has 0 atom stereocenters. The third-order valence-electron chi connectivity index (χ3n) is 4.00. The molecule has 0 radical (unpaired) electrons. The van der Waals surface area contributed by atoms with E-state index in [0.717, 1.165) is 27.7 Å². The number of hydrogen-bond donors (Lipinski definition) is 2. The van der Waals surface area contributed by atoms with E-state index in [2.05, 4.69) is 10.3 Å². The van der Waals surface area contributed by atoms with Gasteiger partial charge in [-0.2, -0.15) is 5.26 Å². The maximum atomic E-state index is 11.9. The molecule has 1 heterocycles. The average Bonchev–Trinajstić information content (AvgIpc) is 3.04. The van der Waals surface area contributed by atoms with E-state index in [1.54, 1.807) is 13.2 Å². The van der Waals surface area contributed by atoms with Crippen molar-refractivity contribution in [3.05, 3.63) is 59.7 Å². The molecule has 1 amide bonds. The Morgan fingerprint density at radius 1 is 1.20 bits per heavy atom. The van der Waals surface area contributed by atoms with Gasteiger partial charge in [-0.1, -0.05) is 42.5 Å². The van der Waals surface area contributed by atoms with E-state index in [-0.39, 0.29) is 5.57 Å². The van der Waals surface area contributed by atoms with Crippen molar-refractivity contribution >= 4 is 22.9 Å². The quantitative estimate of drug-likeness (QED) is 0.567. The number of likely N-dealkylation sites (N-methyl/N-ethyl adjacent to an activating group) is 1. The van der Waals surface area contributed by atoms with Crippen LogP contribution in [0.5, 0.6) is 5.75 Å². The van der Waals surface area contributed by atoms with Crippen molar-refractivity contribution in [1.82, 2.24) is 10.3 Å². The zero-order valence-electron chi connectivity index (χ0n) is 14.0. The monoisotopic (exact) mass is 331 g/mol. The van der Waals surface area contributed by atoms with Crippen molar-refractivity contribution in [1.29, 1.82) is 5.26 Å². The summed E-state index contributed by atoms with van der Waals surface area (Å²) in [5.41, 5.74) is 3.44. The second-order valence-corrected chi connectivity index (χ2v) is 5.41. The van der Waals surface area contributed by atoms with Gasteiger partial charge in [-0.25, -0.2) is 0 Å². The van der Waals surface area contributed by atoms with Crippen LogP contribution in [0.2, 0.25) is 0 Å². The number of nitrogens with one attached hydrogen (secondary N) is 2. The highest BCUT2D eigenvalue weighted by Gasteiger charge is 2.16. The minimum Gasteiger partial charge on any atom is -0.495 e. The molecule has 0 aliphatic rings. The number of carbonyl (C=O) groups excluding carboxylic acids is 1. The van der Waals surface area contributed by atoms with Gasteiger partial charge in [0.05, 0.1) is 18.3 Å². The molecular formula is C20H17N3O2. The largest absolute Gasteiger partial charge is 0.495 e. The molecule has 2 aromatic carbocycles. The number of H-pyrrole nitrogens is 1. The zero-order chi connectivity index (χ0) is 17.8. The summed E-state index contributed by atoms with van der Waals surface area (Å²) in [7, 11) is 3.11. The van der Waals surface area contributed by atoms with Gasteiger partial charge in [0.15, 0.2) is 0 Å². The molecule has 0 saturated carbocycles. The maximum absolute atomic E-state index is 11.9. The van der Waals surface area contributed by atoms with Crippen LogP contribution in [0, 0.1) is 11.3 Å². The van der Waals surface area contributed by atoms with Crippen LogP contribution in [0.4, 0.5) is 0 Å². The number of nitriles is 1. The van der Waals surface area contributed by atoms with Crippen LogP contribution in [0.3, 0.4) is 0 Å². The van der Waals surface area contributed by atoms with Crippen molar-refractivity contribution < 1.29 is 9.53 Å². The van der Waals surface area contributed by atoms with Crippen molar-refractivity contribution in [2.75, 3.05) is 14.2 Å². The van der Waals surface area contributed by atoms with E-state index in [9.17, 15) is 10.1 Å². The lowest BCUT2D eigenvalue weighted by Crippen LogP contribution is -2.19. The van der Waals surface area contributed by atoms with Gasteiger partial charge in [-0.15, -0.1) is 0 Å². The highest BCUT2D eigenvalue weighted by molar-refractivity contribution is 6.07. The Kier molecular flexibility index (Phi) is 4.53. The van der Waals surface area contributed by atoms with E-state index in [4.69, 9.17) is 4.74 Å². The summed E-state index contributed by atoms with van der Waals surface area (Å²) in [4.78, 5) is 15.3. The fourth-order valence-corrected chi connectivity index (χ4v) is 2.79. The molecular weight excluding hydrogens is 314 g/mol. The van der Waals surface area contributed by atoms with Gasteiger partial charge in [-0.05, 0) is 17.7 Å². The summed E-state index contributed by atoms with van der Waals surface area (Å²) >= 11 is 0. The Morgan fingerprint density at radius 3 is 2.60 bits per heavy atom. The number of aromatic nitrogens is 1. The highest BCUT2D eigenvalue weighted by atomic mass is 16.5. The molecule has 25 heavy (non-hydrogen) atoms. The van der Waals surface area contributed by atoms with E-state index in [1.807, 2.05) is 54.6 Å². The number of amides is 1. The molecule has 2 N–H and O–H groups in total. The number of fused-ring (bicyclic) bond motifs is 1. The first-order valence-electron chi connectivity index (χ1n) is 7.77. The van der Waals surface area contributed by atoms with Gasteiger partial charge in [0.1, 0.15) is 17.4 Å². The second-order valence-electron chi connectivity index (χ2n) is 5.41. The lowest BCUT2D eigenvalue weighted by molar-refractivity contribution is -0.116. The molecule has 0 aliphatic carbocycles. The predicted molar refractivity (Wildman–Crippen MR) is 97.9 cm³/mol. The summed E-state index contributed by atoms with van der Waals surface area (Å²) in [6.45, 7) is 0. The topological polar surface area (TPSA) is 77.9 Å². The molecule has 3 aromatic rings. The second kappa shape index (κ2) is 6.93. The normalized spacial score (nSPS) is 11.2. The van der Waals surface area contributed by atoms with Gasteiger partial charge in [-0.3, -0.25) is 4.79 Å². The summed E-state index contributed by atoms with van der Waals surface area (Å²) in [6, 6.07) is 17.4. The van der Waals surface area contributed by atoms with Gasteiger partial charge in [0.2, 0.25) is 0 Å². The Morgan fingerprint density at radius 2 is 1.96 bits per heavy atom. The Bertz CT molecular complexity index is 995. The number of carbonyl (C=O) groups is 1. The van der Waals surface area contributed by atoms with Crippen LogP contribution >= 0.6 is 0 Å². The first-order chi connectivity index (χ1) is 12.2. The standard InChI is InChI=1S/C20H17N3O2/c1-22-20(24)14(12-21)11-16-15-9-6-10-17(25-2)19(15)23-18(16)13-7-4-3-5-8-13/h3-11,23H,1-2H3,(H,22,24)/b14-11+. The smallest absolute Gasteiger partial charge is 0.261 e. The number of hydrogen-bond acceptors (Lipinski definition) is 3. The number of benzene rings is 2. The van der Waals surface area contributed by atoms with Gasteiger partial charge >= 0.3 is 0 Å². The number of para-hydroxylation sites is 1. The van der Waals surface area contributed by atoms with Crippen LogP contribution in [0.15, 0.2) is 54.1 Å². The molecule has 0 aliphatic heterocycles. The average molecular weight is 331 g/mol. The van der Waals surface area contributed by atoms with E-state index in [1.165, 1.54) is 7.05 Å². The fraction of sp³-hybridized carbons (Fsp3) is 0.100. The third kappa shape index (κ3) is 2.98. The molecule has 0 unspecified atom stereocenters. The minimum absolute atomic E-state index is 0.0448. The number of nitrogens with zero attached hydrogens (tertiary/aromatic N) is 1. The van der Waals surface area contributed by atoms with Crippen LogP contribution in [-0.4, -0.2) is 25.0 Å². The molecule has 124 valence electrons. The number of ether oxygens (including phenoxy) is 1. The molecule has 5 nitrogen and oxygen atoms in total. The first-order valence-corrected chi connectivity index (χ1v) is 7.77. The van der Waals surface area contributed by atoms with Crippen molar-refractivity contribution in [2.45, 2.75) is 0 Å². The van der Waals surface area contributed by atoms with Crippen molar-refractivity contribution in [3.63, 3.8) is 0 Å². The van der Waals surface area contributed by atoms with Gasteiger partial charge < -0.3 is 15.0 Å². The molecule has 0 fully saturated rings. The Labute approximate surface area is 145 Å². The van der Waals surface area contributed by atoms with Crippen LogP contribution < -0.4 is 10.1 Å². The Hall–Kier alpha value is -3.52. The highest BCUT2D eigenvalue weighted by Crippen LogP contribution is 2.36. The van der Waals surface area contributed by atoms with Gasteiger partial charge in [0.25, 0.3) is 5.91 Å². The number of aromatic amines is 1. The summed E-state index contributed by atoms with van der Waals surface area (Å²) in [5, 5.41) is 12.7. The van der Waals surface area contributed by atoms with Crippen molar-refractivity contribution in [2.24, 2.45) is 0 Å². The van der Waals surface area contributed by atoms with Crippen LogP contribution in [0.1, 0.15) is 5.56 Å². The number of rotatable bonds is 4. The van der Waals surface area contributed by atoms with E-state index >= 15 is 0 Å². The molecule has 1 aromatic heterocycles. The Balaban J connectivity index is 2.34. The lowest BCUT2D eigenvalue weighted by atomic mass is 10.0. The predicted octanol–water partition coefficient (Wildman–Crippen LogP) is 3.50. The summed E-state index contributed by atoms with van der Waals surface area (Å²) in [6.07, 6.45) is 1.61. The summed E-state index contributed by atoms with van der Waals surface area (Å²) in [5.74, 6) is 0.284. The van der Waals surface area contributed by atoms with Crippen molar-refractivity contribution in [3.8, 4) is 23.1 Å². The van der Waals surface area contributed by atoms with E-state index < -0.39 is 5.91 Å². The fourth-order valence-electron chi connectivity index (χ4n) is 2.79. The first kappa shape index (κ1) is 16.3. The summed E-state index contributed by atoms with van der Waals surface area (Å²) < 4.78 is 5.44. The molecule has 5 heteroatoms. The SMILES string of the molecule is CNC(=O)/C(C#N)=C/c1c(-c2ccccc2)[nH]c2c(OC)cccc12. The zero-order valence-corrected chi connectivity index (χ0v) is 14.0. The number of methoxy groups -OCH3 is 1. The lowest BCUT2D eigenvalue weighted by Gasteiger charge is -2.02. The van der Waals surface area contributed by atoms with Gasteiger partial charge in [0, 0.05) is 18.0 Å². The molecule has 0 bridgehead atoms.